The van der Waals surface area contributed by atoms with Crippen molar-refractivity contribution in [2.45, 2.75) is 39.2 Å². The van der Waals surface area contributed by atoms with E-state index in [9.17, 15) is 0 Å². The smallest absolute Gasteiger partial charge is 0.219 e. The number of rotatable bonds is 3. The third-order valence-electron chi connectivity index (χ3n) is 1.91. The molecule has 0 aromatic carbocycles. The van der Waals surface area contributed by atoms with Crippen LogP contribution in [-0.4, -0.2) is 15.6 Å². The maximum absolute atomic E-state index is 5.61. The zero-order valence-electron chi connectivity index (χ0n) is 9.91. The van der Waals surface area contributed by atoms with Gasteiger partial charge in [-0.05, 0) is 29.8 Å². The van der Waals surface area contributed by atoms with E-state index < -0.39 is 5.60 Å². The van der Waals surface area contributed by atoms with Crippen molar-refractivity contribution in [1.29, 1.82) is 0 Å². The molecule has 0 aliphatic rings. The highest BCUT2D eigenvalue weighted by atomic mass is 79.9. The molecule has 16 heavy (non-hydrogen) atoms. The van der Waals surface area contributed by atoms with Gasteiger partial charge in [-0.25, -0.2) is 4.98 Å². The molecule has 86 valence electrons. The fourth-order valence-corrected chi connectivity index (χ4v) is 1.39. The predicted molar refractivity (Wildman–Crippen MR) is 67.4 cm³/mol. The zero-order valence-corrected chi connectivity index (χ0v) is 11.5. The summed E-state index contributed by atoms with van der Waals surface area (Å²) in [6.07, 6.45) is 5.36. The lowest BCUT2D eigenvalue weighted by molar-refractivity contribution is 0.163. The van der Waals surface area contributed by atoms with Crippen molar-refractivity contribution in [2.75, 3.05) is 0 Å². The highest BCUT2D eigenvalue weighted by Gasteiger charge is 2.18. The van der Waals surface area contributed by atoms with E-state index >= 15 is 0 Å². The van der Waals surface area contributed by atoms with E-state index in [-0.39, 0.29) is 5.92 Å². The molecule has 0 atom stereocenters. The van der Waals surface area contributed by atoms with Crippen molar-refractivity contribution in [2.24, 2.45) is 0 Å². The van der Waals surface area contributed by atoms with E-state index in [0.29, 0.717) is 10.5 Å². The van der Waals surface area contributed by atoms with E-state index in [0.717, 1.165) is 5.82 Å². The number of hydrogen-bond acceptors (Lipinski definition) is 3. The molecule has 1 heterocycles. The van der Waals surface area contributed by atoms with Crippen LogP contribution in [0.3, 0.4) is 0 Å². The molecular formula is C12H15BrN2O. The summed E-state index contributed by atoms with van der Waals surface area (Å²) >= 11 is 3.33. The molecule has 0 saturated heterocycles. The lowest BCUT2D eigenvalue weighted by Gasteiger charge is -2.19. The fourth-order valence-electron chi connectivity index (χ4n) is 1.02. The van der Waals surface area contributed by atoms with Crippen LogP contribution in [0.25, 0.3) is 0 Å². The molecule has 0 aliphatic carbocycles. The normalized spacial score (nSPS) is 11.3. The first-order chi connectivity index (χ1) is 7.34. The largest absolute Gasteiger partial charge is 0.458 e. The van der Waals surface area contributed by atoms with Crippen molar-refractivity contribution in [3.05, 3.63) is 16.5 Å². The molecule has 1 aromatic rings. The van der Waals surface area contributed by atoms with Gasteiger partial charge >= 0.3 is 0 Å². The second-order valence-corrected chi connectivity index (χ2v) is 5.11. The summed E-state index contributed by atoms with van der Waals surface area (Å²) in [7, 11) is 0. The Kier molecular flexibility index (Phi) is 3.93. The monoisotopic (exact) mass is 282 g/mol. The lowest BCUT2D eigenvalue weighted by atomic mass is 10.1. The number of ether oxygens (including phenoxy) is 1. The van der Waals surface area contributed by atoms with Gasteiger partial charge in [-0.2, -0.15) is 4.98 Å². The molecule has 0 saturated carbocycles. The first-order valence-corrected chi connectivity index (χ1v) is 5.84. The van der Waals surface area contributed by atoms with Crippen LogP contribution in [0.5, 0.6) is 5.88 Å². The molecule has 0 fully saturated rings. The van der Waals surface area contributed by atoms with E-state index in [1.165, 1.54) is 0 Å². The zero-order chi connectivity index (χ0) is 12.3. The van der Waals surface area contributed by atoms with Crippen molar-refractivity contribution in [1.82, 2.24) is 9.97 Å². The molecular weight excluding hydrogens is 268 g/mol. The molecule has 3 nitrogen and oxygen atoms in total. The third-order valence-corrected chi connectivity index (χ3v) is 2.32. The Labute approximate surface area is 105 Å². The Morgan fingerprint density at radius 2 is 2.06 bits per heavy atom. The second-order valence-electron chi connectivity index (χ2n) is 4.30. The maximum Gasteiger partial charge on any atom is 0.219 e. The highest BCUT2D eigenvalue weighted by molar-refractivity contribution is 9.10. The summed E-state index contributed by atoms with van der Waals surface area (Å²) in [5.41, 5.74) is -0.665. The molecule has 1 rings (SSSR count). The molecule has 0 N–H and O–H groups in total. The van der Waals surface area contributed by atoms with E-state index in [2.05, 4.69) is 31.8 Å². The van der Waals surface area contributed by atoms with Crippen LogP contribution < -0.4 is 4.74 Å². The minimum atomic E-state index is -0.665. The van der Waals surface area contributed by atoms with Gasteiger partial charge in [0.1, 0.15) is 10.4 Å². The maximum atomic E-state index is 5.61. The minimum absolute atomic E-state index is 0.244. The Hall–Kier alpha value is -1.08. The van der Waals surface area contributed by atoms with Crippen molar-refractivity contribution >= 4 is 15.9 Å². The van der Waals surface area contributed by atoms with Gasteiger partial charge < -0.3 is 4.74 Å². The first kappa shape index (κ1) is 13.0. The summed E-state index contributed by atoms with van der Waals surface area (Å²) < 4.78 is 6.31. The molecule has 0 bridgehead atoms. The summed E-state index contributed by atoms with van der Waals surface area (Å²) in [4.78, 5) is 8.57. The van der Waals surface area contributed by atoms with Crippen LogP contribution in [0.15, 0.2) is 10.7 Å². The Morgan fingerprint density at radius 1 is 1.44 bits per heavy atom. The number of aromatic nitrogens is 2. The van der Waals surface area contributed by atoms with Gasteiger partial charge in [0.05, 0.1) is 0 Å². The van der Waals surface area contributed by atoms with Crippen molar-refractivity contribution < 1.29 is 4.74 Å². The average molecular weight is 283 g/mol. The van der Waals surface area contributed by atoms with Crippen LogP contribution in [-0.2, 0) is 0 Å². The molecule has 0 radical (unpaired) electrons. The van der Waals surface area contributed by atoms with Gasteiger partial charge in [-0.1, -0.05) is 19.8 Å². The third kappa shape index (κ3) is 3.49. The minimum Gasteiger partial charge on any atom is -0.458 e. The van der Waals surface area contributed by atoms with Crippen LogP contribution >= 0.6 is 15.9 Å². The van der Waals surface area contributed by atoms with Crippen LogP contribution in [0, 0.1) is 12.3 Å². The van der Waals surface area contributed by atoms with E-state index in [4.69, 9.17) is 11.2 Å². The topological polar surface area (TPSA) is 35.0 Å². The second kappa shape index (κ2) is 4.84. The van der Waals surface area contributed by atoms with Crippen LogP contribution in [0.2, 0.25) is 0 Å². The van der Waals surface area contributed by atoms with Gasteiger partial charge in [0.25, 0.3) is 0 Å². The van der Waals surface area contributed by atoms with Gasteiger partial charge in [0.15, 0.2) is 5.60 Å². The average Bonchev–Trinajstić information content (AvgIpc) is 2.16. The standard InChI is InChI=1S/C12H15BrN2O/c1-6-12(4,5)16-10-7-9(13)14-11(15-10)8(2)3/h1,7-8H,2-5H3. The van der Waals surface area contributed by atoms with Gasteiger partial charge in [0, 0.05) is 12.0 Å². The quantitative estimate of drug-likeness (QED) is 0.631. The number of nitrogens with zero attached hydrogens (tertiary/aromatic N) is 2. The van der Waals surface area contributed by atoms with Crippen LogP contribution in [0.4, 0.5) is 0 Å². The predicted octanol–water partition coefficient (Wildman–Crippen LogP) is 3.15. The summed E-state index contributed by atoms with van der Waals surface area (Å²) in [6, 6.07) is 1.71. The van der Waals surface area contributed by atoms with Crippen molar-refractivity contribution in [3.8, 4) is 18.2 Å². The van der Waals surface area contributed by atoms with Crippen LogP contribution in [0.1, 0.15) is 39.4 Å². The number of halogens is 1. The molecule has 4 heteroatoms. The molecule has 1 aromatic heterocycles. The van der Waals surface area contributed by atoms with Gasteiger partial charge in [-0.3, -0.25) is 0 Å². The summed E-state index contributed by atoms with van der Waals surface area (Å²) in [6.45, 7) is 7.69. The number of hydrogen-bond donors (Lipinski definition) is 0. The van der Waals surface area contributed by atoms with Gasteiger partial charge in [-0.15, -0.1) is 6.42 Å². The van der Waals surface area contributed by atoms with Gasteiger partial charge in [0.2, 0.25) is 5.88 Å². The Balaban J connectivity index is 3.03. The lowest BCUT2D eigenvalue weighted by Crippen LogP contribution is -2.26. The molecule has 0 spiro atoms. The first-order valence-electron chi connectivity index (χ1n) is 5.05. The fraction of sp³-hybridized carbons (Fsp3) is 0.500. The number of terminal acetylenes is 1. The molecule has 0 unspecified atom stereocenters. The van der Waals surface area contributed by atoms with E-state index in [1.807, 2.05) is 27.7 Å². The summed E-state index contributed by atoms with van der Waals surface area (Å²) in [5, 5.41) is 0. The Morgan fingerprint density at radius 3 is 2.56 bits per heavy atom. The van der Waals surface area contributed by atoms with Crippen molar-refractivity contribution in [3.63, 3.8) is 0 Å². The highest BCUT2D eigenvalue weighted by Crippen LogP contribution is 2.21. The Bertz CT molecular complexity index is 422. The molecule has 0 amide bonds. The van der Waals surface area contributed by atoms with E-state index in [1.54, 1.807) is 6.07 Å². The SMILES string of the molecule is C#CC(C)(C)Oc1cc(Br)nc(C(C)C)n1. The molecule has 0 aliphatic heterocycles. The summed E-state index contributed by atoms with van der Waals surface area (Å²) in [5.74, 6) is 4.03.